The van der Waals surface area contributed by atoms with Gasteiger partial charge >= 0.3 is 5.97 Å². The summed E-state index contributed by atoms with van der Waals surface area (Å²) in [5.41, 5.74) is 4.62. The van der Waals surface area contributed by atoms with Crippen molar-refractivity contribution in [3.63, 3.8) is 0 Å². The molecule has 0 spiro atoms. The zero-order chi connectivity index (χ0) is 13.6. The van der Waals surface area contributed by atoms with Crippen molar-refractivity contribution in [1.82, 2.24) is 0 Å². The highest BCUT2D eigenvalue weighted by Crippen LogP contribution is 2.38. The minimum atomic E-state index is -0.428. The Morgan fingerprint density at radius 1 is 1.05 bits per heavy atom. The second-order valence-corrected chi connectivity index (χ2v) is 4.58. The van der Waals surface area contributed by atoms with E-state index >= 15 is 0 Å². The summed E-state index contributed by atoms with van der Waals surface area (Å²) < 4.78 is 4.68. The minimum Gasteiger partial charge on any atom is -0.465 e. The largest absolute Gasteiger partial charge is 0.465 e. The quantitative estimate of drug-likeness (QED) is 0.625. The monoisotopic (exact) mass is 252 g/mol. The van der Waals surface area contributed by atoms with E-state index in [1.54, 1.807) is 12.1 Å². The van der Waals surface area contributed by atoms with Crippen LogP contribution in [-0.2, 0) is 4.74 Å². The molecule has 1 aliphatic carbocycles. The number of methoxy groups -OCH3 is 1. The van der Waals surface area contributed by atoms with E-state index in [1.807, 2.05) is 31.2 Å². The van der Waals surface area contributed by atoms with E-state index in [0.29, 0.717) is 16.7 Å². The maximum Gasteiger partial charge on any atom is 0.337 e. The van der Waals surface area contributed by atoms with E-state index in [-0.39, 0.29) is 5.78 Å². The smallest absolute Gasteiger partial charge is 0.337 e. The number of esters is 1. The number of ether oxygens (including phenoxy) is 1. The Morgan fingerprint density at radius 3 is 2.58 bits per heavy atom. The van der Waals surface area contributed by atoms with Crippen LogP contribution < -0.4 is 0 Å². The number of aryl methyl sites for hydroxylation is 1. The molecule has 0 heterocycles. The normalized spacial score (nSPS) is 12.0. The molecule has 0 saturated carbocycles. The van der Waals surface area contributed by atoms with Crippen LogP contribution in [0.15, 0.2) is 36.4 Å². The van der Waals surface area contributed by atoms with Crippen molar-refractivity contribution in [2.45, 2.75) is 6.92 Å². The molecule has 1 aliphatic rings. The molecular formula is C16H12O3. The van der Waals surface area contributed by atoms with Crippen molar-refractivity contribution < 1.29 is 14.3 Å². The average molecular weight is 252 g/mol. The fourth-order valence-electron chi connectivity index (χ4n) is 2.55. The lowest BCUT2D eigenvalue weighted by atomic mass is 10.00. The topological polar surface area (TPSA) is 43.4 Å². The minimum absolute atomic E-state index is 0.0283. The highest BCUT2D eigenvalue weighted by molar-refractivity contribution is 6.22. The second-order valence-electron chi connectivity index (χ2n) is 4.58. The van der Waals surface area contributed by atoms with Gasteiger partial charge in [0.05, 0.1) is 12.7 Å². The summed E-state index contributed by atoms with van der Waals surface area (Å²) in [5, 5.41) is 0. The van der Waals surface area contributed by atoms with Gasteiger partial charge in [0.25, 0.3) is 0 Å². The van der Waals surface area contributed by atoms with Gasteiger partial charge in [-0.05, 0) is 35.7 Å². The van der Waals surface area contributed by atoms with Gasteiger partial charge in [-0.15, -0.1) is 0 Å². The number of rotatable bonds is 1. The Labute approximate surface area is 110 Å². The zero-order valence-corrected chi connectivity index (χ0v) is 10.7. The molecule has 2 aromatic carbocycles. The van der Waals surface area contributed by atoms with Crippen molar-refractivity contribution in [2.24, 2.45) is 0 Å². The van der Waals surface area contributed by atoms with E-state index in [9.17, 15) is 9.59 Å². The Hall–Kier alpha value is -2.42. The first kappa shape index (κ1) is 11.7. The van der Waals surface area contributed by atoms with Gasteiger partial charge in [0, 0.05) is 11.1 Å². The lowest BCUT2D eigenvalue weighted by Crippen LogP contribution is -2.03. The first-order valence-electron chi connectivity index (χ1n) is 6.00. The van der Waals surface area contributed by atoms with Crippen LogP contribution in [0.2, 0.25) is 0 Å². The van der Waals surface area contributed by atoms with Crippen molar-refractivity contribution in [1.29, 1.82) is 0 Å². The molecule has 0 atom stereocenters. The molecule has 0 unspecified atom stereocenters. The zero-order valence-electron chi connectivity index (χ0n) is 10.7. The van der Waals surface area contributed by atoms with Gasteiger partial charge in [-0.25, -0.2) is 4.79 Å². The number of ketones is 1. The fraction of sp³-hybridized carbons (Fsp3) is 0.125. The van der Waals surface area contributed by atoms with Gasteiger partial charge in [0.15, 0.2) is 5.78 Å². The first-order valence-corrected chi connectivity index (χ1v) is 6.00. The van der Waals surface area contributed by atoms with Gasteiger partial charge in [-0.2, -0.15) is 0 Å². The maximum atomic E-state index is 12.4. The van der Waals surface area contributed by atoms with Crippen LogP contribution in [0.3, 0.4) is 0 Å². The Balaban J connectivity index is 2.24. The Morgan fingerprint density at radius 2 is 1.84 bits per heavy atom. The van der Waals surface area contributed by atoms with Crippen molar-refractivity contribution >= 4 is 11.8 Å². The molecule has 94 valence electrons. The highest BCUT2D eigenvalue weighted by Gasteiger charge is 2.28. The average Bonchev–Trinajstić information content (AvgIpc) is 2.72. The van der Waals surface area contributed by atoms with Crippen LogP contribution in [-0.4, -0.2) is 18.9 Å². The number of carbonyl (C=O) groups excluding carboxylic acids is 2. The highest BCUT2D eigenvalue weighted by atomic mass is 16.5. The molecule has 0 radical (unpaired) electrons. The maximum absolute atomic E-state index is 12.4. The molecule has 0 fully saturated rings. The summed E-state index contributed by atoms with van der Waals surface area (Å²) in [7, 11) is 1.33. The predicted octanol–water partition coefficient (Wildman–Crippen LogP) is 2.99. The van der Waals surface area contributed by atoms with E-state index in [2.05, 4.69) is 4.74 Å². The first-order chi connectivity index (χ1) is 9.13. The number of hydrogen-bond acceptors (Lipinski definition) is 3. The van der Waals surface area contributed by atoms with E-state index < -0.39 is 5.97 Å². The molecule has 19 heavy (non-hydrogen) atoms. The number of benzene rings is 2. The summed E-state index contributed by atoms with van der Waals surface area (Å²) in [6.07, 6.45) is 0. The molecule has 0 aromatic heterocycles. The van der Waals surface area contributed by atoms with Crippen LogP contribution in [0.25, 0.3) is 11.1 Å². The molecule has 0 N–H and O–H groups in total. The SMILES string of the molecule is COC(=O)c1ccc2c(c1)C(=O)c1cccc(C)c1-2. The van der Waals surface area contributed by atoms with Gasteiger partial charge in [0.1, 0.15) is 0 Å². The summed E-state index contributed by atoms with van der Waals surface area (Å²) in [6.45, 7) is 1.98. The van der Waals surface area contributed by atoms with Crippen molar-refractivity contribution in [3.8, 4) is 11.1 Å². The van der Waals surface area contributed by atoms with Gasteiger partial charge in [-0.3, -0.25) is 4.79 Å². The number of carbonyl (C=O) groups is 2. The summed E-state index contributed by atoms with van der Waals surface area (Å²) >= 11 is 0. The third-order valence-corrected chi connectivity index (χ3v) is 3.47. The fourth-order valence-corrected chi connectivity index (χ4v) is 2.55. The van der Waals surface area contributed by atoms with Crippen molar-refractivity contribution in [3.05, 3.63) is 58.7 Å². The molecule has 0 amide bonds. The van der Waals surface area contributed by atoms with E-state index in [1.165, 1.54) is 7.11 Å². The number of fused-ring (bicyclic) bond motifs is 3. The van der Waals surface area contributed by atoms with Crippen molar-refractivity contribution in [2.75, 3.05) is 7.11 Å². The Bertz CT molecular complexity index is 714. The molecule has 0 aliphatic heterocycles. The molecule has 3 heteroatoms. The Kier molecular flexibility index (Phi) is 2.49. The van der Waals surface area contributed by atoms with Crippen LogP contribution in [0.4, 0.5) is 0 Å². The van der Waals surface area contributed by atoms with Crippen LogP contribution >= 0.6 is 0 Å². The second kappa shape index (κ2) is 4.05. The molecule has 3 nitrogen and oxygen atoms in total. The molecular weight excluding hydrogens is 240 g/mol. The van der Waals surface area contributed by atoms with Gasteiger partial charge < -0.3 is 4.74 Å². The van der Waals surface area contributed by atoms with Crippen LogP contribution in [0.5, 0.6) is 0 Å². The van der Waals surface area contributed by atoms with Gasteiger partial charge in [0.2, 0.25) is 0 Å². The standard InChI is InChI=1S/C16H12O3/c1-9-4-3-5-12-14(9)11-7-6-10(16(18)19-2)8-13(11)15(12)17/h3-8H,1-2H3. The predicted molar refractivity (Wildman–Crippen MR) is 71.4 cm³/mol. The molecule has 0 bridgehead atoms. The van der Waals surface area contributed by atoms with E-state index in [4.69, 9.17) is 0 Å². The molecule has 3 rings (SSSR count). The summed E-state index contributed by atoms with van der Waals surface area (Å²) in [6, 6.07) is 10.8. The lowest BCUT2D eigenvalue weighted by Gasteiger charge is -2.05. The summed E-state index contributed by atoms with van der Waals surface area (Å²) in [4.78, 5) is 23.9. The van der Waals surface area contributed by atoms with Crippen LogP contribution in [0, 0.1) is 6.92 Å². The molecule has 2 aromatic rings. The van der Waals surface area contributed by atoms with Gasteiger partial charge in [-0.1, -0.05) is 24.3 Å². The lowest BCUT2D eigenvalue weighted by molar-refractivity contribution is 0.0601. The molecule has 0 saturated heterocycles. The third-order valence-electron chi connectivity index (χ3n) is 3.47. The van der Waals surface area contributed by atoms with E-state index in [0.717, 1.165) is 16.7 Å². The summed E-state index contributed by atoms with van der Waals surface area (Å²) in [5.74, 6) is -0.456. The number of hydrogen-bond donors (Lipinski definition) is 0. The third kappa shape index (κ3) is 1.58. The van der Waals surface area contributed by atoms with Crippen LogP contribution in [0.1, 0.15) is 31.8 Å².